The maximum atomic E-state index is 6.11. The quantitative estimate of drug-likeness (QED) is 0.810. The summed E-state index contributed by atoms with van der Waals surface area (Å²) in [5.41, 5.74) is 1.82. The number of aromatic nitrogens is 1. The van der Waals surface area contributed by atoms with E-state index in [1.54, 1.807) is 13.3 Å². The molecule has 25 heavy (non-hydrogen) atoms. The molecule has 0 spiro atoms. The van der Waals surface area contributed by atoms with Crippen LogP contribution < -0.4 is 20.1 Å². The summed E-state index contributed by atoms with van der Waals surface area (Å²) in [6.07, 6.45) is 2.55. The number of methoxy groups -OCH3 is 1. The van der Waals surface area contributed by atoms with Gasteiger partial charge in [-0.2, -0.15) is 0 Å². The monoisotopic (exact) mass is 357 g/mol. The van der Waals surface area contributed by atoms with Crippen LogP contribution in [0.4, 0.5) is 5.82 Å². The molecule has 1 aromatic carbocycles. The van der Waals surface area contributed by atoms with Gasteiger partial charge in [-0.1, -0.05) is 6.07 Å². The van der Waals surface area contributed by atoms with Crippen LogP contribution >= 0.6 is 12.2 Å². The third-order valence-corrected chi connectivity index (χ3v) is 4.44. The van der Waals surface area contributed by atoms with Crippen LogP contribution in [0.3, 0.4) is 0 Å². The lowest BCUT2D eigenvalue weighted by Gasteiger charge is -2.38. The summed E-state index contributed by atoms with van der Waals surface area (Å²) in [6.45, 7) is 6.14. The third kappa shape index (κ3) is 4.02. The van der Waals surface area contributed by atoms with Gasteiger partial charge < -0.3 is 20.1 Å². The average molecular weight is 357 g/mol. The van der Waals surface area contributed by atoms with Crippen molar-refractivity contribution in [3.63, 3.8) is 0 Å². The zero-order valence-corrected chi connectivity index (χ0v) is 15.7. The predicted octanol–water partition coefficient (Wildman–Crippen LogP) is 3.99. The van der Waals surface area contributed by atoms with Gasteiger partial charge in [-0.3, -0.25) is 0 Å². The van der Waals surface area contributed by atoms with Crippen LogP contribution in [0.1, 0.15) is 37.4 Å². The fourth-order valence-corrected chi connectivity index (χ4v) is 3.24. The molecule has 132 valence electrons. The molecule has 0 bridgehead atoms. The van der Waals surface area contributed by atoms with Crippen LogP contribution in [-0.4, -0.2) is 22.8 Å². The smallest absolute Gasteiger partial charge is 0.172 e. The Labute approximate surface area is 153 Å². The van der Waals surface area contributed by atoms with Gasteiger partial charge in [0.25, 0.3) is 0 Å². The number of pyridine rings is 1. The molecule has 0 saturated carbocycles. The summed E-state index contributed by atoms with van der Waals surface area (Å²) in [5, 5.41) is 7.13. The minimum absolute atomic E-state index is 0.0497. The predicted molar refractivity (Wildman–Crippen MR) is 103 cm³/mol. The van der Waals surface area contributed by atoms with Gasteiger partial charge in [0.2, 0.25) is 0 Å². The zero-order valence-electron chi connectivity index (χ0n) is 14.9. The Balaban J connectivity index is 1.80. The number of ether oxygens (including phenoxy) is 2. The minimum Gasteiger partial charge on any atom is -0.497 e. The number of benzene rings is 1. The SMILES string of the molecule is COc1ccc2c(c1)OC(C)(C)C[C@H]2NC(=S)Nc1ncccc1C. The van der Waals surface area contributed by atoms with Gasteiger partial charge in [0.15, 0.2) is 5.11 Å². The molecule has 2 heterocycles. The molecule has 0 saturated heterocycles. The molecular formula is C19H23N3O2S. The first-order valence-electron chi connectivity index (χ1n) is 8.24. The minimum atomic E-state index is -0.298. The number of rotatable bonds is 3. The van der Waals surface area contributed by atoms with Crippen molar-refractivity contribution in [2.45, 2.75) is 38.8 Å². The topological polar surface area (TPSA) is 55.4 Å². The summed E-state index contributed by atoms with van der Waals surface area (Å²) < 4.78 is 11.4. The fraction of sp³-hybridized carbons (Fsp3) is 0.368. The number of aryl methyl sites for hydroxylation is 1. The molecule has 1 aliphatic rings. The molecular weight excluding hydrogens is 334 g/mol. The highest BCUT2D eigenvalue weighted by Crippen LogP contribution is 2.41. The van der Waals surface area contributed by atoms with Crippen molar-refractivity contribution < 1.29 is 9.47 Å². The third-order valence-electron chi connectivity index (χ3n) is 4.22. The Morgan fingerprint density at radius 1 is 1.36 bits per heavy atom. The molecule has 3 rings (SSSR count). The van der Waals surface area contributed by atoms with Crippen molar-refractivity contribution in [2.24, 2.45) is 0 Å². The van der Waals surface area contributed by atoms with Crippen molar-refractivity contribution in [3.8, 4) is 11.5 Å². The molecule has 1 atom stereocenters. The number of hydrogen-bond donors (Lipinski definition) is 2. The highest BCUT2D eigenvalue weighted by Gasteiger charge is 2.34. The lowest BCUT2D eigenvalue weighted by atomic mass is 9.89. The Morgan fingerprint density at radius 2 is 2.16 bits per heavy atom. The maximum Gasteiger partial charge on any atom is 0.172 e. The summed E-state index contributed by atoms with van der Waals surface area (Å²) in [7, 11) is 1.65. The molecule has 1 aromatic heterocycles. The van der Waals surface area contributed by atoms with Crippen molar-refractivity contribution in [2.75, 3.05) is 12.4 Å². The molecule has 2 N–H and O–H groups in total. The standard InChI is InChI=1S/C19H23N3O2S/c1-12-6-5-9-20-17(12)22-18(25)21-15-11-19(2,3)24-16-10-13(23-4)7-8-14(15)16/h5-10,15H,11H2,1-4H3,(H2,20,21,22,25)/t15-/m1/s1. The van der Waals surface area contributed by atoms with Gasteiger partial charge in [-0.25, -0.2) is 4.98 Å². The molecule has 0 aliphatic carbocycles. The summed E-state index contributed by atoms with van der Waals surface area (Å²) in [4.78, 5) is 4.33. The Morgan fingerprint density at radius 3 is 2.88 bits per heavy atom. The molecule has 0 amide bonds. The van der Waals surface area contributed by atoms with E-state index in [4.69, 9.17) is 21.7 Å². The van der Waals surface area contributed by atoms with E-state index in [1.807, 2.05) is 37.3 Å². The molecule has 2 aromatic rings. The second-order valence-electron chi connectivity index (χ2n) is 6.79. The van der Waals surface area contributed by atoms with Crippen LogP contribution in [0.15, 0.2) is 36.5 Å². The number of nitrogens with zero attached hydrogens (tertiary/aromatic N) is 1. The number of thiocarbonyl (C=S) groups is 1. The lowest BCUT2D eigenvalue weighted by molar-refractivity contribution is 0.0693. The van der Waals surface area contributed by atoms with Crippen molar-refractivity contribution >= 4 is 23.1 Å². The largest absolute Gasteiger partial charge is 0.497 e. The Hall–Kier alpha value is -2.34. The van der Waals surface area contributed by atoms with Gasteiger partial charge >= 0.3 is 0 Å². The number of fused-ring (bicyclic) bond motifs is 1. The van der Waals surface area contributed by atoms with Crippen LogP contribution in [-0.2, 0) is 0 Å². The first-order valence-corrected chi connectivity index (χ1v) is 8.65. The normalized spacial score (nSPS) is 17.8. The summed E-state index contributed by atoms with van der Waals surface area (Å²) in [5.74, 6) is 2.37. The first kappa shape index (κ1) is 17.5. The highest BCUT2D eigenvalue weighted by atomic mass is 32.1. The van der Waals surface area contributed by atoms with E-state index in [-0.39, 0.29) is 11.6 Å². The van der Waals surface area contributed by atoms with Crippen LogP contribution in [0.5, 0.6) is 11.5 Å². The van der Waals surface area contributed by atoms with Gasteiger partial charge in [0.05, 0.1) is 13.2 Å². The lowest BCUT2D eigenvalue weighted by Crippen LogP contribution is -2.42. The summed E-state index contributed by atoms with van der Waals surface area (Å²) in [6, 6.07) is 9.83. The molecule has 0 radical (unpaired) electrons. The van der Waals surface area contributed by atoms with Crippen LogP contribution in [0, 0.1) is 6.92 Å². The average Bonchev–Trinajstić information content (AvgIpc) is 2.55. The first-order chi connectivity index (χ1) is 11.9. The van der Waals surface area contributed by atoms with Crippen LogP contribution in [0.2, 0.25) is 0 Å². The Kier molecular flexibility index (Phi) is 4.81. The molecule has 0 unspecified atom stereocenters. The van der Waals surface area contributed by atoms with Crippen molar-refractivity contribution in [3.05, 3.63) is 47.7 Å². The van der Waals surface area contributed by atoms with Crippen LogP contribution in [0.25, 0.3) is 0 Å². The number of nitrogens with one attached hydrogen (secondary N) is 2. The molecule has 0 fully saturated rings. The number of hydrogen-bond acceptors (Lipinski definition) is 4. The van der Waals surface area contributed by atoms with Crippen molar-refractivity contribution in [1.82, 2.24) is 10.3 Å². The van der Waals surface area contributed by atoms with E-state index in [0.717, 1.165) is 34.9 Å². The molecule has 1 aliphatic heterocycles. The van der Waals surface area contributed by atoms with E-state index in [2.05, 4.69) is 29.5 Å². The summed E-state index contributed by atoms with van der Waals surface area (Å²) >= 11 is 5.50. The molecule has 5 nitrogen and oxygen atoms in total. The second-order valence-corrected chi connectivity index (χ2v) is 7.20. The van der Waals surface area contributed by atoms with Gasteiger partial charge in [0.1, 0.15) is 22.9 Å². The van der Waals surface area contributed by atoms with E-state index in [9.17, 15) is 0 Å². The van der Waals surface area contributed by atoms with E-state index < -0.39 is 0 Å². The maximum absolute atomic E-state index is 6.11. The fourth-order valence-electron chi connectivity index (χ4n) is 3.01. The second kappa shape index (κ2) is 6.88. The van der Waals surface area contributed by atoms with Gasteiger partial charge in [0, 0.05) is 24.2 Å². The van der Waals surface area contributed by atoms with E-state index in [0.29, 0.717) is 5.11 Å². The Bertz CT molecular complexity index is 792. The number of anilines is 1. The highest BCUT2D eigenvalue weighted by molar-refractivity contribution is 7.80. The zero-order chi connectivity index (χ0) is 18.0. The molecule has 6 heteroatoms. The van der Waals surface area contributed by atoms with Gasteiger partial charge in [-0.15, -0.1) is 0 Å². The van der Waals surface area contributed by atoms with E-state index in [1.165, 1.54) is 0 Å². The van der Waals surface area contributed by atoms with Gasteiger partial charge in [-0.05, 0) is 56.8 Å². The van der Waals surface area contributed by atoms with E-state index >= 15 is 0 Å². The van der Waals surface area contributed by atoms with Crippen molar-refractivity contribution in [1.29, 1.82) is 0 Å².